The molecule has 3 N–H and O–H groups in total. The van der Waals surface area contributed by atoms with Gasteiger partial charge in [0.25, 0.3) is 5.91 Å². The molecule has 0 unspecified atom stereocenters. The lowest BCUT2D eigenvalue weighted by molar-refractivity contribution is -0.130. The summed E-state index contributed by atoms with van der Waals surface area (Å²) in [5.74, 6) is 0.925. The number of para-hydroxylation sites is 1. The lowest BCUT2D eigenvalue weighted by Gasteiger charge is -2.32. The number of ether oxygens (including phenoxy) is 3. The second-order valence-corrected chi connectivity index (χ2v) is 11.0. The highest BCUT2D eigenvalue weighted by atomic mass is 16.5. The van der Waals surface area contributed by atoms with E-state index >= 15 is 0 Å². The van der Waals surface area contributed by atoms with Crippen LogP contribution in [-0.4, -0.2) is 42.8 Å². The molecule has 1 aliphatic heterocycles. The Hall–Kier alpha value is -6.04. The second kappa shape index (κ2) is 16.7. The van der Waals surface area contributed by atoms with E-state index < -0.39 is 17.6 Å². The third kappa shape index (κ3) is 8.10. The number of benzene rings is 4. The van der Waals surface area contributed by atoms with Gasteiger partial charge in [0.2, 0.25) is 5.90 Å². The molecular formula is C35H35N9O5. The molecule has 0 aromatic heterocycles. The Labute approximate surface area is 282 Å². The van der Waals surface area contributed by atoms with Crippen LogP contribution in [-0.2, 0) is 29.0 Å². The molecule has 0 saturated heterocycles. The van der Waals surface area contributed by atoms with E-state index in [1.54, 1.807) is 55.6 Å². The number of nitrogens with zero attached hydrogens (tertiary/aromatic N) is 7. The van der Waals surface area contributed by atoms with Crippen molar-refractivity contribution >= 4 is 17.5 Å². The van der Waals surface area contributed by atoms with Crippen LogP contribution < -0.4 is 20.3 Å². The molecule has 5 rings (SSSR count). The van der Waals surface area contributed by atoms with Crippen LogP contribution in [0.1, 0.15) is 40.3 Å². The number of hydrogen-bond acceptors (Lipinski definition) is 9. The van der Waals surface area contributed by atoms with Crippen molar-refractivity contribution < 1.29 is 24.1 Å². The highest BCUT2D eigenvalue weighted by Crippen LogP contribution is 2.45. The number of hydrazine groups is 1. The molecule has 1 aliphatic rings. The Bertz CT molecular complexity index is 1890. The highest BCUT2D eigenvalue weighted by molar-refractivity contribution is 6.01. The third-order valence-electron chi connectivity index (χ3n) is 7.96. The average molecular weight is 662 g/mol. The molecule has 14 nitrogen and oxygen atoms in total. The molecule has 4 aromatic carbocycles. The Morgan fingerprint density at radius 1 is 0.959 bits per heavy atom. The van der Waals surface area contributed by atoms with Crippen molar-refractivity contribution in [2.45, 2.75) is 37.6 Å². The van der Waals surface area contributed by atoms with Crippen LogP contribution >= 0.6 is 0 Å². The van der Waals surface area contributed by atoms with Crippen molar-refractivity contribution in [2.24, 2.45) is 15.2 Å². The smallest absolute Gasteiger partial charge is 0.266 e. The number of methoxy groups -OCH3 is 1. The summed E-state index contributed by atoms with van der Waals surface area (Å²) < 4.78 is 17.8. The molecule has 0 aliphatic carbocycles. The van der Waals surface area contributed by atoms with Crippen LogP contribution in [0.25, 0.3) is 20.9 Å². The zero-order valence-corrected chi connectivity index (χ0v) is 26.8. The largest absolute Gasteiger partial charge is 0.496 e. The lowest BCUT2D eigenvalue weighted by Crippen LogP contribution is -2.53. The van der Waals surface area contributed by atoms with Gasteiger partial charge in [-0.1, -0.05) is 77.0 Å². The van der Waals surface area contributed by atoms with Gasteiger partial charge in [0.15, 0.2) is 11.6 Å². The lowest BCUT2D eigenvalue weighted by atomic mass is 9.80. The summed E-state index contributed by atoms with van der Waals surface area (Å²) in [4.78, 5) is 25.6. The molecule has 0 fully saturated rings. The Morgan fingerprint density at radius 3 is 2.41 bits per heavy atom. The van der Waals surface area contributed by atoms with E-state index in [1.165, 1.54) is 0 Å². The van der Waals surface area contributed by atoms with Gasteiger partial charge in [0.1, 0.15) is 11.5 Å². The molecule has 0 saturated carbocycles. The van der Waals surface area contributed by atoms with Crippen LogP contribution in [0.5, 0.6) is 11.5 Å². The van der Waals surface area contributed by atoms with Gasteiger partial charge in [0, 0.05) is 58.2 Å². The maximum atomic E-state index is 14.7. The van der Waals surface area contributed by atoms with E-state index in [-0.39, 0.29) is 37.7 Å². The first kappa shape index (κ1) is 34.3. The van der Waals surface area contributed by atoms with E-state index in [1.807, 2.05) is 48.5 Å². The second-order valence-electron chi connectivity index (χ2n) is 11.0. The van der Waals surface area contributed by atoms with Gasteiger partial charge in [-0.25, -0.2) is 10.4 Å². The fourth-order valence-corrected chi connectivity index (χ4v) is 5.57. The minimum atomic E-state index is -1.65. The molecule has 0 spiro atoms. The Morgan fingerprint density at radius 2 is 1.67 bits per heavy atom. The molecule has 1 heterocycles. The number of amides is 1. The fraction of sp³-hybridized carbons (Fsp3) is 0.257. The summed E-state index contributed by atoms with van der Waals surface area (Å²) in [6.07, 6.45) is -0.522. The quantitative estimate of drug-likeness (QED) is 0.0401. The first-order chi connectivity index (χ1) is 24.0. The molecule has 0 bridgehead atoms. The van der Waals surface area contributed by atoms with E-state index in [0.717, 1.165) is 5.56 Å². The number of azide groups is 2. The van der Waals surface area contributed by atoms with E-state index in [4.69, 9.17) is 29.8 Å². The van der Waals surface area contributed by atoms with Crippen LogP contribution in [0.15, 0.2) is 112 Å². The normalized spacial score (nSPS) is 16.4. The number of aliphatic imine (C=N–C) groups is 1. The zero-order valence-electron chi connectivity index (χ0n) is 26.8. The number of hydrogen-bond donors (Lipinski definition) is 3. The van der Waals surface area contributed by atoms with Gasteiger partial charge in [-0.3, -0.25) is 10.2 Å². The van der Waals surface area contributed by atoms with Gasteiger partial charge >= 0.3 is 0 Å². The van der Waals surface area contributed by atoms with Gasteiger partial charge < -0.3 is 19.3 Å². The van der Waals surface area contributed by atoms with Crippen LogP contribution in [0.3, 0.4) is 0 Å². The number of carbonyl (C=O) groups excluding carboxylic acids is 1. The maximum Gasteiger partial charge on any atom is 0.266 e. The van der Waals surface area contributed by atoms with E-state index in [0.29, 0.717) is 46.8 Å². The summed E-state index contributed by atoms with van der Waals surface area (Å²) in [5, 5.41) is 16.8. The van der Waals surface area contributed by atoms with Crippen LogP contribution in [0.2, 0.25) is 0 Å². The van der Waals surface area contributed by atoms with Crippen LogP contribution in [0, 0.1) is 0 Å². The predicted octanol–water partition coefficient (Wildman–Crippen LogP) is 6.53. The first-order valence-electron chi connectivity index (χ1n) is 15.5. The van der Waals surface area contributed by atoms with Gasteiger partial charge in [-0.2, -0.15) is 0 Å². The number of aliphatic hydroxyl groups excluding tert-OH is 1. The molecule has 250 valence electrons. The summed E-state index contributed by atoms with van der Waals surface area (Å²) in [6.45, 7) is 0.678. The molecule has 14 heteroatoms. The number of nitrogens with one attached hydrogen (secondary N) is 2. The zero-order chi connectivity index (χ0) is 34.5. The summed E-state index contributed by atoms with van der Waals surface area (Å²) >= 11 is 0. The highest BCUT2D eigenvalue weighted by Gasteiger charge is 2.54. The SMILES string of the molecule is COc1ccccc1CNNC(=O)[C@@]1(Cc2ccccc2CN=[N+]=[N-])N=C(c2ccc(OCCCO)cc2)O[C@H]1c1ccccc1N=[N+]=[N-]. The Balaban J connectivity index is 1.61. The van der Waals surface area contributed by atoms with E-state index in [9.17, 15) is 10.3 Å². The minimum Gasteiger partial charge on any atom is -0.496 e. The van der Waals surface area contributed by atoms with Crippen LogP contribution in [0.4, 0.5) is 5.69 Å². The van der Waals surface area contributed by atoms with Gasteiger partial charge in [0.05, 0.1) is 20.3 Å². The number of aliphatic hydroxyl groups is 1. The standard InChI is InChI=1S/C35H35N9O5/c1-47-31-14-7-4-11-27(31)23-38-42-34(46)35(21-25-9-2-3-10-26(25)22-39-43-36)32(29-12-5-6-13-30(29)41-44-37)49-33(40-35)24-15-17-28(18-16-24)48-20-8-19-45/h2-7,9-18,32,38,45H,8,19-23H2,1H3,(H,42,46)/t32-,35-/m0/s1. The molecular weight excluding hydrogens is 626 g/mol. The molecule has 1 amide bonds. The summed E-state index contributed by atoms with van der Waals surface area (Å²) in [6, 6.07) is 28.7. The van der Waals surface area contributed by atoms with Gasteiger partial charge in [-0.15, -0.1) is 0 Å². The average Bonchev–Trinajstić information content (AvgIpc) is 3.52. The van der Waals surface area contributed by atoms with E-state index in [2.05, 4.69) is 30.9 Å². The molecule has 49 heavy (non-hydrogen) atoms. The van der Waals surface area contributed by atoms with Crippen molar-refractivity contribution in [1.82, 2.24) is 10.9 Å². The first-order valence-corrected chi connectivity index (χ1v) is 15.5. The predicted molar refractivity (Wildman–Crippen MR) is 183 cm³/mol. The minimum absolute atomic E-state index is 0.0192. The van der Waals surface area contributed by atoms with Gasteiger partial charge in [-0.05, 0) is 52.5 Å². The van der Waals surface area contributed by atoms with Crippen molar-refractivity contribution in [3.63, 3.8) is 0 Å². The fourth-order valence-electron chi connectivity index (χ4n) is 5.57. The topological polar surface area (TPSA) is 199 Å². The van der Waals surface area contributed by atoms with Crippen molar-refractivity contribution in [2.75, 3.05) is 20.3 Å². The molecule has 0 radical (unpaired) electrons. The number of rotatable bonds is 16. The van der Waals surface area contributed by atoms with Crippen molar-refractivity contribution in [3.05, 3.63) is 146 Å². The Kier molecular flexibility index (Phi) is 11.7. The molecule has 2 atom stereocenters. The summed E-state index contributed by atoms with van der Waals surface area (Å²) in [7, 11) is 1.58. The van der Waals surface area contributed by atoms with Crippen molar-refractivity contribution in [3.8, 4) is 11.5 Å². The number of carbonyl (C=O) groups is 1. The maximum absolute atomic E-state index is 14.7. The van der Waals surface area contributed by atoms with Crippen molar-refractivity contribution in [1.29, 1.82) is 0 Å². The third-order valence-corrected chi connectivity index (χ3v) is 7.96. The molecule has 4 aromatic rings. The monoisotopic (exact) mass is 661 g/mol. The summed E-state index contributed by atoms with van der Waals surface area (Å²) in [5.41, 5.74) is 26.2.